The van der Waals surface area contributed by atoms with Crippen LogP contribution in [-0.4, -0.2) is 18.0 Å². The molecule has 1 heterocycles. The van der Waals surface area contributed by atoms with E-state index in [0.717, 1.165) is 25.1 Å². The topological polar surface area (TPSA) is 55.2 Å². The average molecular weight is 242 g/mol. The van der Waals surface area contributed by atoms with E-state index < -0.39 is 22.2 Å². The van der Waals surface area contributed by atoms with Crippen LogP contribution in [0.2, 0.25) is 0 Å². The average Bonchev–Trinajstić information content (AvgIpc) is 2.76. The molecule has 92 valence electrons. The number of rotatable bonds is 3. The molecule has 1 aliphatic heterocycles. The Morgan fingerprint density at radius 3 is 2.82 bits per heavy atom. The molecule has 17 heavy (non-hydrogen) atoms. The van der Waals surface area contributed by atoms with E-state index in [2.05, 4.69) is 5.32 Å². The minimum atomic E-state index is -1.04. The van der Waals surface area contributed by atoms with E-state index in [-0.39, 0.29) is 17.9 Å². The van der Waals surface area contributed by atoms with E-state index in [1.807, 2.05) is 0 Å². The second-order valence-electron chi connectivity index (χ2n) is 4.18. The van der Waals surface area contributed by atoms with Gasteiger partial charge in [-0.25, -0.2) is 4.39 Å². The van der Waals surface area contributed by atoms with Gasteiger partial charge in [0.2, 0.25) is 5.82 Å². The van der Waals surface area contributed by atoms with Gasteiger partial charge in [-0.2, -0.15) is 4.39 Å². The molecule has 1 saturated heterocycles. The third-order valence-electron chi connectivity index (χ3n) is 3.02. The first-order chi connectivity index (χ1) is 8.09. The maximum Gasteiger partial charge on any atom is 0.305 e. The van der Waals surface area contributed by atoms with E-state index in [4.69, 9.17) is 0 Å². The number of halogens is 2. The number of hydrogen-bond donors (Lipinski definition) is 1. The largest absolute Gasteiger partial charge is 0.316 e. The third kappa shape index (κ3) is 2.41. The van der Waals surface area contributed by atoms with E-state index in [9.17, 15) is 18.9 Å². The van der Waals surface area contributed by atoms with Crippen molar-refractivity contribution in [2.75, 3.05) is 13.1 Å². The zero-order chi connectivity index (χ0) is 12.4. The van der Waals surface area contributed by atoms with Gasteiger partial charge in [0.15, 0.2) is 0 Å². The Morgan fingerprint density at radius 1 is 1.47 bits per heavy atom. The van der Waals surface area contributed by atoms with Gasteiger partial charge in [0.25, 0.3) is 0 Å². The Kier molecular flexibility index (Phi) is 3.33. The molecule has 0 saturated carbocycles. The van der Waals surface area contributed by atoms with Crippen LogP contribution in [0.15, 0.2) is 12.1 Å². The summed E-state index contributed by atoms with van der Waals surface area (Å²) in [6.45, 7) is 1.52. The lowest BCUT2D eigenvalue weighted by Gasteiger charge is -2.10. The first-order valence-corrected chi connectivity index (χ1v) is 5.41. The minimum Gasteiger partial charge on any atom is -0.316 e. The van der Waals surface area contributed by atoms with Gasteiger partial charge < -0.3 is 5.32 Å². The summed E-state index contributed by atoms with van der Waals surface area (Å²) in [5.41, 5.74) is -0.833. The van der Waals surface area contributed by atoms with Crippen molar-refractivity contribution in [3.8, 4) is 0 Å². The van der Waals surface area contributed by atoms with Crippen LogP contribution >= 0.6 is 0 Å². The van der Waals surface area contributed by atoms with Gasteiger partial charge in [-0.1, -0.05) is 0 Å². The van der Waals surface area contributed by atoms with Crippen LogP contribution in [-0.2, 0) is 6.42 Å². The van der Waals surface area contributed by atoms with E-state index in [0.29, 0.717) is 6.54 Å². The predicted octanol–water partition coefficient (Wildman–Crippen LogP) is 2.02. The monoisotopic (exact) mass is 242 g/mol. The normalized spacial score (nSPS) is 19.5. The van der Waals surface area contributed by atoms with Gasteiger partial charge in [0.05, 0.1) is 4.92 Å². The second-order valence-corrected chi connectivity index (χ2v) is 4.18. The molecule has 1 fully saturated rings. The number of nitrogens with zero attached hydrogens (tertiary/aromatic N) is 1. The van der Waals surface area contributed by atoms with Gasteiger partial charge in [0, 0.05) is 11.6 Å². The smallest absolute Gasteiger partial charge is 0.305 e. The van der Waals surface area contributed by atoms with Gasteiger partial charge in [-0.3, -0.25) is 10.1 Å². The van der Waals surface area contributed by atoms with Gasteiger partial charge in [0.1, 0.15) is 5.82 Å². The van der Waals surface area contributed by atoms with Crippen LogP contribution in [0.3, 0.4) is 0 Å². The first kappa shape index (κ1) is 11.9. The fourth-order valence-electron chi connectivity index (χ4n) is 2.09. The number of nitro benzene ring substituents is 1. The standard InChI is InChI=1S/C11H12F2N2O2/c12-9-1-2-10(15(16)17)11(13)8(9)5-7-3-4-14-6-7/h1-2,7,14H,3-6H2. The fourth-order valence-corrected chi connectivity index (χ4v) is 2.09. The summed E-state index contributed by atoms with van der Waals surface area (Å²) in [6, 6.07) is 1.82. The Bertz CT molecular complexity index is 445. The summed E-state index contributed by atoms with van der Waals surface area (Å²) in [5.74, 6) is -1.61. The molecule has 0 aromatic heterocycles. The molecular weight excluding hydrogens is 230 g/mol. The highest BCUT2D eigenvalue weighted by Gasteiger charge is 2.24. The van der Waals surface area contributed by atoms with Crippen molar-refractivity contribution in [1.29, 1.82) is 0 Å². The summed E-state index contributed by atoms with van der Waals surface area (Å²) < 4.78 is 27.2. The van der Waals surface area contributed by atoms with Crippen molar-refractivity contribution in [3.63, 3.8) is 0 Å². The molecular formula is C11H12F2N2O2. The molecule has 1 atom stereocenters. The zero-order valence-corrected chi connectivity index (χ0v) is 9.08. The highest BCUT2D eigenvalue weighted by atomic mass is 19.1. The summed E-state index contributed by atoms with van der Waals surface area (Å²) >= 11 is 0. The Hall–Kier alpha value is -1.56. The van der Waals surface area contributed by atoms with Crippen LogP contribution in [0.5, 0.6) is 0 Å². The highest BCUT2D eigenvalue weighted by molar-refractivity contribution is 5.38. The molecule has 0 aliphatic carbocycles. The van der Waals surface area contributed by atoms with Crippen LogP contribution in [0, 0.1) is 27.7 Å². The first-order valence-electron chi connectivity index (χ1n) is 5.41. The van der Waals surface area contributed by atoms with Gasteiger partial charge in [-0.05, 0) is 37.9 Å². The van der Waals surface area contributed by atoms with Crippen molar-refractivity contribution >= 4 is 5.69 Å². The molecule has 1 aromatic carbocycles. The summed E-state index contributed by atoms with van der Waals surface area (Å²) in [6.07, 6.45) is 1.04. The second kappa shape index (κ2) is 4.75. The highest BCUT2D eigenvalue weighted by Crippen LogP contribution is 2.26. The molecule has 2 rings (SSSR count). The van der Waals surface area contributed by atoms with Crippen molar-refractivity contribution in [1.82, 2.24) is 5.32 Å². The fraction of sp³-hybridized carbons (Fsp3) is 0.455. The van der Waals surface area contributed by atoms with E-state index in [1.165, 1.54) is 0 Å². The summed E-state index contributed by atoms with van der Waals surface area (Å²) in [5, 5.41) is 13.6. The number of nitro groups is 1. The molecule has 1 N–H and O–H groups in total. The van der Waals surface area contributed by atoms with E-state index in [1.54, 1.807) is 0 Å². The third-order valence-corrected chi connectivity index (χ3v) is 3.02. The maximum atomic E-state index is 13.7. The molecule has 1 aromatic rings. The molecule has 0 bridgehead atoms. The van der Waals surface area contributed by atoms with Crippen molar-refractivity contribution < 1.29 is 13.7 Å². The van der Waals surface area contributed by atoms with Crippen molar-refractivity contribution in [2.24, 2.45) is 5.92 Å². The number of benzene rings is 1. The molecule has 0 radical (unpaired) electrons. The van der Waals surface area contributed by atoms with E-state index >= 15 is 0 Å². The van der Waals surface area contributed by atoms with Crippen molar-refractivity contribution in [3.05, 3.63) is 39.4 Å². The molecule has 0 spiro atoms. The zero-order valence-electron chi connectivity index (χ0n) is 9.08. The van der Waals surface area contributed by atoms with Crippen LogP contribution in [0.25, 0.3) is 0 Å². The number of hydrogen-bond acceptors (Lipinski definition) is 3. The quantitative estimate of drug-likeness (QED) is 0.651. The van der Waals surface area contributed by atoms with Gasteiger partial charge in [-0.15, -0.1) is 0 Å². The molecule has 1 aliphatic rings. The van der Waals surface area contributed by atoms with Crippen molar-refractivity contribution in [2.45, 2.75) is 12.8 Å². The summed E-state index contributed by atoms with van der Waals surface area (Å²) in [4.78, 5) is 9.73. The minimum absolute atomic E-state index is 0.140. The number of nitrogens with one attached hydrogen (secondary N) is 1. The summed E-state index contributed by atoms with van der Waals surface area (Å²) in [7, 11) is 0. The lowest BCUT2D eigenvalue weighted by Crippen LogP contribution is -2.13. The van der Waals surface area contributed by atoms with Crippen LogP contribution < -0.4 is 5.32 Å². The Morgan fingerprint density at radius 2 is 2.24 bits per heavy atom. The Labute approximate surface area is 96.8 Å². The van der Waals surface area contributed by atoms with Crippen LogP contribution in [0.4, 0.5) is 14.5 Å². The molecule has 4 nitrogen and oxygen atoms in total. The maximum absolute atomic E-state index is 13.7. The Balaban J connectivity index is 2.30. The lowest BCUT2D eigenvalue weighted by atomic mass is 9.97. The van der Waals surface area contributed by atoms with Crippen LogP contribution in [0.1, 0.15) is 12.0 Å². The molecule has 0 amide bonds. The molecule has 6 heteroatoms. The SMILES string of the molecule is O=[N+]([O-])c1ccc(F)c(CC2CCNC2)c1F. The lowest BCUT2D eigenvalue weighted by molar-refractivity contribution is -0.387. The molecule has 1 unspecified atom stereocenters. The van der Waals surface area contributed by atoms with Gasteiger partial charge >= 0.3 is 5.69 Å². The predicted molar refractivity (Wildman–Crippen MR) is 57.7 cm³/mol.